The van der Waals surface area contributed by atoms with E-state index in [1.165, 1.54) is 12.1 Å². The molecule has 186 valence electrons. The smallest absolute Gasteiger partial charge is 0.303 e. The highest BCUT2D eigenvalue weighted by Crippen LogP contribution is 2.44. The number of rotatable bonds is 13. The van der Waals surface area contributed by atoms with Gasteiger partial charge in [-0.2, -0.15) is 0 Å². The normalized spacial score (nSPS) is 23.8. The number of carboxylic acids is 1. The van der Waals surface area contributed by atoms with Crippen LogP contribution < -0.4 is 10.6 Å². The van der Waals surface area contributed by atoms with Gasteiger partial charge in [-0.3, -0.25) is 14.4 Å². The van der Waals surface area contributed by atoms with E-state index in [1.807, 2.05) is 6.08 Å². The fraction of sp³-hybridized carbons (Fsp3) is 0.542. The van der Waals surface area contributed by atoms with Crippen LogP contribution in [0.4, 0.5) is 0 Å². The van der Waals surface area contributed by atoms with E-state index in [0.717, 1.165) is 25.7 Å². The number of fused-ring (bicyclic) bond motifs is 2. The highest BCUT2D eigenvalue weighted by molar-refractivity contribution is 7.92. The van der Waals surface area contributed by atoms with Gasteiger partial charge in [0.2, 0.25) is 11.8 Å². The highest BCUT2D eigenvalue weighted by Gasteiger charge is 2.47. The van der Waals surface area contributed by atoms with Gasteiger partial charge in [0.1, 0.15) is 5.75 Å². The van der Waals surface area contributed by atoms with E-state index in [-0.39, 0.29) is 47.8 Å². The maximum atomic E-state index is 12.3. The Morgan fingerprint density at radius 3 is 2.41 bits per heavy atom. The van der Waals surface area contributed by atoms with Gasteiger partial charge in [0, 0.05) is 18.9 Å². The molecule has 0 aliphatic carbocycles. The Hall–Kier alpha value is -2.72. The summed E-state index contributed by atoms with van der Waals surface area (Å²) in [5, 5.41) is 13.9. The van der Waals surface area contributed by atoms with Crippen LogP contribution in [-0.4, -0.2) is 62.4 Å². The number of unbranched alkanes of at least 4 members (excludes halogenated alkanes) is 1. The Bertz CT molecular complexity index is 994. The Balaban J connectivity index is 1.40. The molecule has 1 aromatic rings. The number of benzene rings is 1. The second-order valence-electron chi connectivity index (χ2n) is 8.76. The van der Waals surface area contributed by atoms with Crippen LogP contribution in [0.25, 0.3) is 0 Å². The van der Waals surface area contributed by atoms with Crippen LogP contribution in [-0.2, 0) is 29.0 Å². The average Bonchev–Trinajstić information content (AvgIpc) is 3.40. The van der Waals surface area contributed by atoms with Gasteiger partial charge in [0.05, 0.1) is 23.6 Å². The van der Waals surface area contributed by atoms with Crippen LogP contribution in [0.15, 0.2) is 47.4 Å². The Morgan fingerprint density at radius 1 is 1.00 bits per heavy atom. The molecule has 34 heavy (non-hydrogen) atoms. The molecule has 9 nitrogen and oxygen atoms in total. The number of nitrogens with one attached hydrogen (secondary N) is 2. The molecule has 0 unspecified atom stereocenters. The monoisotopic (exact) mass is 492 g/mol. The van der Waals surface area contributed by atoms with E-state index >= 15 is 0 Å². The lowest BCUT2D eigenvalue weighted by Gasteiger charge is -2.27. The lowest BCUT2D eigenvalue weighted by Crippen LogP contribution is -2.43. The van der Waals surface area contributed by atoms with Crippen molar-refractivity contribution in [2.45, 2.75) is 55.6 Å². The highest BCUT2D eigenvalue weighted by atomic mass is 32.2. The number of hydrogen-bond donors (Lipinski definition) is 3. The molecule has 0 radical (unpaired) electrons. The molecule has 2 fully saturated rings. The number of sulfone groups is 1. The molecule has 10 heteroatoms. The predicted molar refractivity (Wildman–Crippen MR) is 125 cm³/mol. The van der Waals surface area contributed by atoms with Crippen LogP contribution in [0.5, 0.6) is 0 Å². The molecule has 2 heterocycles. The maximum absolute atomic E-state index is 12.3. The Labute approximate surface area is 199 Å². The van der Waals surface area contributed by atoms with Gasteiger partial charge in [-0.15, -0.1) is 0 Å². The third-order valence-corrected chi connectivity index (χ3v) is 7.96. The number of carbonyl (C=O) groups excluding carboxylic acids is 2. The minimum absolute atomic E-state index is 0.0628. The van der Waals surface area contributed by atoms with Crippen LogP contribution in [0.3, 0.4) is 0 Å². The summed E-state index contributed by atoms with van der Waals surface area (Å²) in [6.07, 6.45) is 8.58. The zero-order valence-electron chi connectivity index (χ0n) is 19.0. The molecule has 2 amide bonds. The fourth-order valence-electron chi connectivity index (χ4n) is 4.63. The van der Waals surface area contributed by atoms with Crippen molar-refractivity contribution in [2.75, 3.05) is 18.8 Å². The molecule has 2 saturated heterocycles. The van der Waals surface area contributed by atoms with Crippen molar-refractivity contribution in [2.24, 2.45) is 11.8 Å². The molecule has 0 spiro atoms. The Kier molecular flexibility index (Phi) is 9.23. The molecule has 0 saturated carbocycles. The standard InChI is InChI=1S/C24H32N2O7S/c27-22(15-26-23(28)16-34(31,32)17-8-4-3-5-9-17)25-14-19-18(20-12-13-21(19)33-20)10-6-1-2-7-11-24(29)30/h1,3-6,8-9,18-21H,2,7,10-16H2,(H,25,27)(H,26,28)(H,29,30)/t18-,19+,20-,21+/m0/s1. The van der Waals surface area contributed by atoms with Crippen LogP contribution in [0.1, 0.15) is 38.5 Å². The van der Waals surface area contributed by atoms with E-state index in [1.54, 1.807) is 18.2 Å². The predicted octanol–water partition coefficient (Wildman–Crippen LogP) is 1.69. The van der Waals surface area contributed by atoms with Crippen LogP contribution >= 0.6 is 0 Å². The first kappa shape index (κ1) is 25.9. The Morgan fingerprint density at radius 2 is 1.71 bits per heavy atom. The molecule has 1 aromatic carbocycles. The number of carbonyl (C=O) groups is 3. The number of aliphatic carboxylic acids is 1. The summed E-state index contributed by atoms with van der Waals surface area (Å²) >= 11 is 0. The second-order valence-corrected chi connectivity index (χ2v) is 10.8. The van der Waals surface area contributed by atoms with Gasteiger partial charge in [-0.05, 0) is 50.2 Å². The first-order valence-electron chi connectivity index (χ1n) is 11.6. The maximum Gasteiger partial charge on any atom is 0.303 e. The molecule has 4 atom stereocenters. The largest absolute Gasteiger partial charge is 0.481 e. The molecule has 3 rings (SSSR count). The van der Waals surface area contributed by atoms with Crippen molar-refractivity contribution in [1.82, 2.24) is 10.6 Å². The molecule has 2 aliphatic heterocycles. The summed E-state index contributed by atoms with van der Waals surface area (Å²) in [5.41, 5.74) is 0. The van der Waals surface area contributed by atoms with Crippen molar-refractivity contribution in [1.29, 1.82) is 0 Å². The second kappa shape index (κ2) is 12.1. The lowest BCUT2D eigenvalue weighted by molar-refractivity contribution is -0.137. The SMILES string of the molecule is O=C(O)CCCC=CC[C@H]1[C@@H](CNC(=O)CNC(=O)CS(=O)(=O)c2ccccc2)[C@H]2CC[C@@H]1O2. The number of ether oxygens (including phenoxy) is 1. The van der Waals surface area contributed by atoms with Gasteiger partial charge in [0.25, 0.3) is 0 Å². The summed E-state index contributed by atoms with van der Waals surface area (Å²) < 4.78 is 30.6. The molecule has 2 aliphatic rings. The van der Waals surface area contributed by atoms with Gasteiger partial charge >= 0.3 is 5.97 Å². The van der Waals surface area contributed by atoms with E-state index in [9.17, 15) is 22.8 Å². The minimum Gasteiger partial charge on any atom is -0.481 e. The van der Waals surface area contributed by atoms with Gasteiger partial charge in [0.15, 0.2) is 9.84 Å². The number of allylic oxidation sites excluding steroid dienone is 2. The van der Waals surface area contributed by atoms with E-state index in [0.29, 0.717) is 13.0 Å². The quantitative estimate of drug-likeness (QED) is 0.281. The van der Waals surface area contributed by atoms with Crippen LogP contribution in [0, 0.1) is 11.8 Å². The van der Waals surface area contributed by atoms with Crippen molar-refractivity contribution in [3.05, 3.63) is 42.5 Å². The molecule has 0 aromatic heterocycles. The number of amides is 2. The van der Waals surface area contributed by atoms with Gasteiger partial charge in [-0.25, -0.2) is 8.42 Å². The first-order valence-corrected chi connectivity index (χ1v) is 13.2. The molecule has 2 bridgehead atoms. The fourth-order valence-corrected chi connectivity index (χ4v) is 5.82. The molecular weight excluding hydrogens is 460 g/mol. The van der Waals surface area contributed by atoms with E-state index < -0.39 is 27.5 Å². The van der Waals surface area contributed by atoms with Gasteiger partial charge in [-0.1, -0.05) is 30.4 Å². The first-order chi connectivity index (χ1) is 16.3. The van der Waals surface area contributed by atoms with Crippen molar-refractivity contribution in [3.63, 3.8) is 0 Å². The lowest BCUT2D eigenvalue weighted by atomic mass is 9.77. The topological polar surface area (TPSA) is 139 Å². The van der Waals surface area contributed by atoms with Crippen LogP contribution in [0.2, 0.25) is 0 Å². The summed E-state index contributed by atoms with van der Waals surface area (Å²) in [6, 6.07) is 7.71. The average molecular weight is 493 g/mol. The summed E-state index contributed by atoms with van der Waals surface area (Å²) in [5.74, 6) is -2.17. The molecular formula is C24H32N2O7S. The third kappa shape index (κ3) is 7.39. The summed E-state index contributed by atoms with van der Waals surface area (Å²) in [7, 11) is -3.76. The number of hydrogen-bond acceptors (Lipinski definition) is 6. The third-order valence-electron chi connectivity index (χ3n) is 6.33. The van der Waals surface area contributed by atoms with Crippen molar-refractivity contribution < 1.29 is 32.6 Å². The molecule has 3 N–H and O–H groups in total. The van der Waals surface area contributed by atoms with Crippen molar-refractivity contribution in [3.8, 4) is 0 Å². The summed E-state index contributed by atoms with van der Waals surface area (Å²) in [6.45, 7) is 0.134. The zero-order valence-corrected chi connectivity index (χ0v) is 19.8. The number of carboxylic acid groups (broad SMARTS) is 1. The summed E-state index contributed by atoms with van der Waals surface area (Å²) in [4.78, 5) is 35.0. The van der Waals surface area contributed by atoms with Gasteiger partial charge < -0.3 is 20.5 Å². The van der Waals surface area contributed by atoms with E-state index in [2.05, 4.69) is 16.7 Å². The van der Waals surface area contributed by atoms with E-state index in [4.69, 9.17) is 9.84 Å². The van der Waals surface area contributed by atoms with Crippen molar-refractivity contribution >= 4 is 27.6 Å². The minimum atomic E-state index is -3.76. The zero-order chi connectivity index (χ0) is 24.6.